The molecule has 1 aromatic carbocycles. The number of urea groups is 1. The van der Waals surface area contributed by atoms with Crippen molar-refractivity contribution in [2.75, 3.05) is 6.54 Å². The molecule has 7 heteroatoms. The normalized spacial score (nSPS) is 28.4. The molecule has 0 unspecified atom stereocenters. The standard InChI is InChI=1S/C20H26ClN3O3/c1-4-20(15-8-10-16(21)11-9-15)18(26)23(19(27)22-20)12-17(25)24-13(2)6-5-7-14(24)3/h8-11,13-14H,4-7,12H2,1-3H3,(H,22,27)/t13-,14-,20+/m0/s1. The molecule has 0 saturated carbocycles. The van der Waals surface area contributed by atoms with Gasteiger partial charge in [0, 0.05) is 17.1 Å². The minimum Gasteiger partial charge on any atom is -0.336 e. The van der Waals surface area contributed by atoms with Gasteiger partial charge in [-0.3, -0.25) is 14.5 Å². The largest absolute Gasteiger partial charge is 0.336 e. The summed E-state index contributed by atoms with van der Waals surface area (Å²) in [6.07, 6.45) is 3.37. The highest BCUT2D eigenvalue weighted by Crippen LogP contribution is 2.33. The molecule has 1 N–H and O–H groups in total. The van der Waals surface area contributed by atoms with Crippen LogP contribution in [0.5, 0.6) is 0 Å². The molecule has 2 saturated heterocycles. The van der Waals surface area contributed by atoms with E-state index in [0.29, 0.717) is 17.0 Å². The number of imide groups is 1. The molecule has 1 aromatic rings. The van der Waals surface area contributed by atoms with Gasteiger partial charge in [0.1, 0.15) is 12.1 Å². The molecule has 27 heavy (non-hydrogen) atoms. The van der Waals surface area contributed by atoms with Gasteiger partial charge >= 0.3 is 6.03 Å². The van der Waals surface area contributed by atoms with E-state index in [-0.39, 0.29) is 30.4 Å². The Labute approximate surface area is 164 Å². The third-order valence-electron chi connectivity index (χ3n) is 5.82. The van der Waals surface area contributed by atoms with Gasteiger partial charge < -0.3 is 10.2 Å². The maximum Gasteiger partial charge on any atom is 0.325 e. The van der Waals surface area contributed by atoms with Crippen LogP contribution in [0.3, 0.4) is 0 Å². The second-order valence-electron chi connectivity index (χ2n) is 7.52. The predicted molar refractivity (Wildman–Crippen MR) is 103 cm³/mol. The van der Waals surface area contributed by atoms with Gasteiger partial charge in [0.15, 0.2) is 0 Å². The van der Waals surface area contributed by atoms with Crippen molar-refractivity contribution in [1.29, 1.82) is 0 Å². The number of hydrogen-bond acceptors (Lipinski definition) is 3. The fraction of sp³-hybridized carbons (Fsp3) is 0.550. The van der Waals surface area contributed by atoms with Crippen LogP contribution in [0.4, 0.5) is 4.79 Å². The molecule has 4 amide bonds. The molecule has 3 rings (SSSR count). The number of rotatable bonds is 4. The molecule has 2 aliphatic rings. The van der Waals surface area contributed by atoms with E-state index in [2.05, 4.69) is 5.32 Å². The lowest BCUT2D eigenvalue weighted by atomic mass is 9.87. The Bertz CT molecular complexity index is 741. The van der Waals surface area contributed by atoms with Crippen molar-refractivity contribution in [3.05, 3.63) is 34.9 Å². The van der Waals surface area contributed by atoms with Crippen molar-refractivity contribution in [3.63, 3.8) is 0 Å². The van der Waals surface area contributed by atoms with Gasteiger partial charge in [-0.2, -0.15) is 0 Å². The highest BCUT2D eigenvalue weighted by atomic mass is 35.5. The second kappa shape index (κ2) is 7.50. The number of amides is 4. The van der Waals surface area contributed by atoms with E-state index in [9.17, 15) is 14.4 Å². The first-order valence-electron chi connectivity index (χ1n) is 9.51. The molecule has 0 radical (unpaired) electrons. The fourth-order valence-electron chi connectivity index (χ4n) is 4.27. The van der Waals surface area contributed by atoms with Crippen LogP contribution in [-0.2, 0) is 15.1 Å². The van der Waals surface area contributed by atoms with Gasteiger partial charge in [-0.05, 0) is 57.2 Å². The third kappa shape index (κ3) is 3.43. The van der Waals surface area contributed by atoms with Crippen molar-refractivity contribution in [1.82, 2.24) is 15.1 Å². The first-order chi connectivity index (χ1) is 12.8. The summed E-state index contributed by atoms with van der Waals surface area (Å²) in [5.74, 6) is -0.566. The van der Waals surface area contributed by atoms with Crippen LogP contribution in [0.15, 0.2) is 24.3 Å². The number of likely N-dealkylation sites (tertiary alicyclic amines) is 1. The number of piperidine rings is 1. The van der Waals surface area contributed by atoms with Crippen LogP contribution in [0, 0.1) is 0 Å². The molecule has 2 heterocycles. The minimum absolute atomic E-state index is 0.120. The van der Waals surface area contributed by atoms with Gasteiger partial charge in [-0.15, -0.1) is 0 Å². The molecule has 0 spiro atoms. The zero-order valence-corrected chi connectivity index (χ0v) is 16.8. The molecule has 146 valence electrons. The topological polar surface area (TPSA) is 69.7 Å². The number of hydrogen-bond donors (Lipinski definition) is 1. The van der Waals surface area contributed by atoms with Crippen LogP contribution < -0.4 is 5.32 Å². The molecule has 3 atom stereocenters. The van der Waals surface area contributed by atoms with Crippen molar-refractivity contribution in [2.24, 2.45) is 0 Å². The lowest BCUT2D eigenvalue weighted by molar-refractivity contribution is -0.143. The highest BCUT2D eigenvalue weighted by Gasteiger charge is 2.52. The molecule has 6 nitrogen and oxygen atoms in total. The molecular formula is C20H26ClN3O3. The van der Waals surface area contributed by atoms with Crippen LogP contribution in [0.2, 0.25) is 5.02 Å². The van der Waals surface area contributed by atoms with E-state index in [1.165, 1.54) is 0 Å². The molecule has 2 fully saturated rings. The Hall–Kier alpha value is -2.08. The second-order valence-corrected chi connectivity index (χ2v) is 7.95. The van der Waals surface area contributed by atoms with Gasteiger partial charge in [0.05, 0.1) is 0 Å². The summed E-state index contributed by atoms with van der Waals surface area (Å²) in [4.78, 5) is 41.5. The van der Waals surface area contributed by atoms with Crippen LogP contribution in [-0.4, -0.2) is 46.3 Å². The van der Waals surface area contributed by atoms with Gasteiger partial charge in [-0.1, -0.05) is 30.7 Å². The van der Waals surface area contributed by atoms with Gasteiger partial charge in [-0.25, -0.2) is 4.79 Å². The number of carbonyl (C=O) groups excluding carboxylic acids is 3. The monoisotopic (exact) mass is 391 g/mol. The fourth-order valence-corrected chi connectivity index (χ4v) is 4.40. The third-order valence-corrected chi connectivity index (χ3v) is 6.07. The van der Waals surface area contributed by atoms with Crippen molar-refractivity contribution >= 4 is 29.4 Å². The van der Waals surface area contributed by atoms with Crippen LogP contribution >= 0.6 is 11.6 Å². The minimum atomic E-state index is -1.15. The SMILES string of the molecule is CC[C@]1(c2ccc(Cl)cc2)NC(=O)N(CC(=O)N2[C@@H](C)CCC[C@@H]2C)C1=O. The molecule has 0 aliphatic carbocycles. The Morgan fingerprint density at radius 2 is 1.78 bits per heavy atom. The molecule has 0 aromatic heterocycles. The zero-order chi connectivity index (χ0) is 19.8. The summed E-state index contributed by atoms with van der Waals surface area (Å²) in [7, 11) is 0. The molecule has 0 bridgehead atoms. The van der Waals surface area contributed by atoms with E-state index >= 15 is 0 Å². The van der Waals surface area contributed by atoms with Crippen molar-refractivity contribution < 1.29 is 14.4 Å². The Kier molecular flexibility index (Phi) is 5.47. The number of benzene rings is 1. The average Bonchev–Trinajstić information content (AvgIpc) is 2.87. The van der Waals surface area contributed by atoms with Gasteiger partial charge in [0.25, 0.3) is 5.91 Å². The molecular weight excluding hydrogens is 366 g/mol. The van der Waals surface area contributed by atoms with Crippen molar-refractivity contribution in [2.45, 2.75) is 64.1 Å². The maximum atomic E-state index is 13.2. The first-order valence-corrected chi connectivity index (χ1v) is 9.89. The number of nitrogens with one attached hydrogen (secondary N) is 1. The Balaban J connectivity index is 1.83. The predicted octanol–water partition coefficient (Wildman–Crippen LogP) is 3.29. The highest BCUT2D eigenvalue weighted by molar-refractivity contribution is 6.30. The number of carbonyl (C=O) groups is 3. The van der Waals surface area contributed by atoms with E-state index in [0.717, 1.165) is 24.2 Å². The summed E-state index contributed by atoms with van der Waals surface area (Å²) in [5.41, 5.74) is -0.483. The van der Waals surface area contributed by atoms with E-state index in [1.54, 1.807) is 24.3 Å². The van der Waals surface area contributed by atoms with E-state index in [4.69, 9.17) is 11.6 Å². The quantitative estimate of drug-likeness (QED) is 0.800. The van der Waals surface area contributed by atoms with E-state index < -0.39 is 11.6 Å². The summed E-state index contributed by atoms with van der Waals surface area (Å²) in [6, 6.07) is 6.58. The average molecular weight is 392 g/mol. The Morgan fingerprint density at radius 1 is 1.19 bits per heavy atom. The lowest BCUT2D eigenvalue weighted by Crippen LogP contribution is -2.52. The van der Waals surface area contributed by atoms with Gasteiger partial charge in [0.2, 0.25) is 5.91 Å². The lowest BCUT2D eigenvalue weighted by Gasteiger charge is -2.39. The summed E-state index contributed by atoms with van der Waals surface area (Å²) >= 11 is 5.95. The number of halogens is 1. The zero-order valence-electron chi connectivity index (χ0n) is 16.0. The molecule has 2 aliphatic heterocycles. The summed E-state index contributed by atoms with van der Waals surface area (Å²) in [5, 5.41) is 3.36. The number of nitrogens with zero attached hydrogens (tertiary/aromatic N) is 2. The van der Waals surface area contributed by atoms with Crippen LogP contribution in [0.25, 0.3) is 0 Å². The summed E-state index contributed by atoms with van der Waals surface area (Å²) < 4.78 is 0. The summed E-state index contributed by atoms with van der Waals surface area (Å²) in [6.45, 7) is 5.65. The maximum absolute atomic E-state index is 13.2. The van der Waals surface area contributed by atoms with Crippen LogP contribution in [0.1, 0.15) is 52.0 Å². The smallest absolute Gasteiger partial charge is 0.325 e. The van der Waals surface area contributed by atoms with E-state index in [1.807, 2.05) is 25.7 Å². The Morgan fingerprint density at radius 3 is 2.33 bits per heavy atom. The first kappa shape index (κ1) is 19.7. The van der Waals surface area contributed by atoms with Crippen molar-refractivity contribution in [3.8, 4) is 0 Å².